The number of hydrogen-bond acceptors (Lipinski definition) is 4. The average Bonchev–Trinajstić information content (AvgIpc) is 3.30. The Morgan fingerprint density at radius 3 is 2.81 bits per heavy atom. The highest BCUT2D eigenvalue weighted by atomic mass is 32.1. The van der Waals surface area contributed by atoms with Gasteiger partial charge < -0.3 is 10.1 Å². The first-order valence-electron chi connectivity index (χ1n) is 8.18. The number of aromatic nitrogens is 2. The third-order valence-electron chi connectivity index (χ3n) is 4.18. The van der Waals surface area contributed by atoms with Crippen molar-refractivity contribution in [2.24, 2.45) is 0 Å². The summed E-state index contributed by atoms with van der Waals surface area (Å²) in [5, 5.41) is 5.53. The summed E-state index contributed by atoms with van der Waals surface area (Å²) in [5.74, 6) is 4.54. The van der Waals surface area contributed by atoms with E-state index in [0.29, 0.717) is 6.54 Å². The van der Waals surface area contributed by atoms with Gasteiger partial charge in [0.2, 0.25) is 0 Å². The average molecular weight is 359 g/mol. The number of benzene rings is 1. The molecule has 3 heterocycles. The lowest BCUT2D eigenvalue weighted by molar-refractivity contribution is 0.414. The van der Waals surface area contributed by atoms with Gasteiger partial charge in [-0.2, -0.15) is 0 Å². The molecule has 0 bridgehead atoms. The van der Waals surface area contributed by atoms with Crippen LogP contribution in [0.1, 0.15) is 11.1 Å². The monoisotopic (exact) mass is 359 g/mol. The van der Waals surface area contributed by atoms with Crippen LogP contribution in [0.2, 0.25) is 0 Å². The molecule has 4 aromatic rings. The van der Waals surface area contributed by atoms with Crippen molar-refractivity contribution in [3.05, 3.63) is 71.2 Å². The van der Waals surface area contributed by atoms with Gasteiger partial charge in [-0.05, 0) is 41.3 Å². The van der Waals surface area contributed by atoms with E-state index < -0.39 is 0 Å². The molecule has 1 N–H and O–H groups in total. The molecule has 26 heavy (non-hydrogen) atoms. The third kappa shape index (κ3) is 2.92. The zero-order valence-corrected chi connectivity index (χ0v) is 15.1. The van der Waals surface area contributed by atoms with E-state index >= 15 is 0 Å². The normalized spacial score (nSPS) is 10.6. The minimum absolute atomic E-state index is 0.677. The summed E-state index contributed by atoms with van der Waals surface area (Å²) in [6.07, 6.45) is 7.66. The molecule has 4 nitrogen and oxygen atoms in total. The van der Waals surface area contributed by atoms with Gasteiger partial charge in [-0.15, -0.1) is 17.8 Å². The molecule has 1 aromatic carbocycles. The second-order valence-electron chi connectivity index (χ2n) is 5.75. The largest absolute Gasteiger partial charge is 0.497 e. The quantitative estimate of drug-likeness (QED) is 0.527. The lowest BCUT2D eigenvalue weighted by Crippen LogP contribution is -2.03. The Morgan fingerprint density at radius 1 is 1.19 bits per heavy atom. The third-order valence-corrected chi connectivity index (χ3v) is 5.11. The van der Waals surface area contributed by atoms with Gasteiger partial charge in [-0.3, -0.25) is 4.40 Å². The van der Waals surface area contributed by atoms with Crippen LogP contribution in [0.3, 0.4) is 0 Å². The highest BCUT2D eigenvalue weighted by Gasteiger charge is 2.17. The van der Waals surface area contributed by atoms with E-state index in [4.69, 9.17) is 16.1 Å². The highest BCUT2D eigenvalue weighted by molar-refractivity contribution is 7.13. The van der Waals surface area contributed by atoms with Crippen molar-refractivity contribution in [3.63, 3.8) is 0 Å². The van der Waals surface area contributed by atoms with Crippen molar-refractivity contribution in [1.29, 1.82) is 0 Å². The van der Waals surface area contributed by atoms with E-state index in [2.05, 4.69) is 15.6 Å². The van der Waals surface area contributed by atoms with Crippen LogP contribution < -0.4 is 10.1 Å². The number of ether oxygens (including phenoxy) is 1. The summed E-state index contributed by atoms with van der Waals surface area (Å²) in [6.45, 7) is 0.677. The van der Waals surface area contributed by atoms with Crippen molar-refractivity contribution in [3.8, 4) is 28.7 Å². The number of methoxy groups -OCH3 is 1. The van der Waals surface area contributed by atoms with Crippen LogP contribution in [0.25, 0.3) is 16.2 Å². The number of terminal acetylenes is 1. The molecule has 0 radical (unpaired) electrons. The smallest absolute Gasteiger partial charge is 0.139 e. The first kappa shape index (κ1) is 16.2. The van der Waals surface area contributed by atoms with Crippen LogP contribution in [0.5, 0.6) is 5.75 Å². The summed E-state index contributed by atoms with van der Waals surface area (Å²) >= 11 is 1.61. The number of anilines is 1. The predicted molar refractivity (Wildman–Crippen MR) is 107 cm³/mol. The predicted octanol–water partition coefficient (Wildman–Crippen LogP) is 4.66. The highest BCUT2D eigenvalue weighted by Crippen LogP contribution is 2.35. The number of thiophene rings is 1. The fourth-order valence-electron chi connectivity index (χ4n) is 2.86. The number of pyridine rings is 1. The molecule has 0 atom stereocenters. The van der Waals surface area contributed by atoms with Crippen LogP contribution in [-0.2, 0) is 6.54 Å². The Bertz CT molecular complexity index is 1090. The summed E-state index contributed by atoms with van der Waals surface area (Å²) in [6, 6.07) is 15.9. The van der Waals surface area contributed by atoms with E-state index in [1.165, 1.54) is 0 Å². The molecule has 128 valence electrons. The molecular formula is C21H17N3OS. The van der Waals surface area contributed by atoms with Gasteiger partial charge in [0, 0.05) is 18.3 Å². The summed E-state index contributed by atoms with van der Waals surface area (Å²) < 4.78 is 7.27. The summed E-state index contributed by atoms with van der Waals surface area (Å²) in [5.41, 5.74) is 3.79. The van der Waals surface area contributed by atoms with Gasteiger partial charge in [0.15, 0.2) is 0 Å². The van der Waals surface area contributed by atoms with Crippen LogP contribution in [0.4, 0.5) is 5.82 Å². The Hall–Kier alpha value is -3.23. The molecule has 0 saturated carbocycles. The second-order valence-corrected chi connectivity index (χ2v) is 6.66. The maximum atomic E-state index is 5.66. The van der Waals surface area contributed by atoms with Crippen molar-refractivity contribution in [2.75, 3.05) is 12.4 Å². The van der Waals surface area contributed by atoms with E-state index in [9.17, 15) is 0 Å². The minimum Gasteiger partial charge on any atom is -0.497 e. The van der Waals surface area contributed by atoms with E-state index in [1.807, 2.05) is 60.1 Å². The van der Waals surface area contributed by atoms with Crippen molar-refractivity contribution in [1.82, 2.24) is 9.38 Å². The van der Waals surface area contributed by atoms with Gasteiger partial charge in [0.25, 0.3) is 0 Å². The van der Waals surface area contributed by atoms with Gasteiger partial charge in [0.05, 0.1) is 12.0 Å². The molecule has 5 heteroatoms. The van der Waals surface area contributed by atoms with Crippen molar-refractivity contribution < 1.29 is 4.74 Å². The standard InChI is InChI=1S/C21H17N3OS/c1-3-16-11-13-26-20(16)19-21(24-12-5-4-6-18(24)23-19)22-14-15-7-9-17(25-2)10-8-15/h1,4-13,22H,14H2,2H3. The fourth-order valence-corrected chi connectivity index (χ4v) is 3.71. The number of nitrogens with zero attached hydrogens (tertiary/aromatic N) is 2. The Morgan fingerprint density at radius 2 is 2.04 bits per heavy atom. The zero-order chi connectivity index (χ0) is 17.9. The Labute approximate surface area is 156 Å². The molecule has 3 aromatic heterocycles. The van der Waals surface area contributed by atoms with Crippen molar-refractivity contribution >= 4 is 22.8 Å². The minimum atomic E-state index is 0.677. The molecule has 0 aliphatic heterocycles. The molecule has 0 aliphatic carbocycles. The van der Waals surface area contributed by atoms with Crippen LogP contribution in [-0.4, -0.2) is 16.5 Å². The fraction of sp³-hybridized carbons (Fsp3) is 0.0952. The first-order chi connectivity index (χ1) is 12.8. The van der Waals surface area contributed by atoms with Crippen LogP contribution >= 0.6 is 11.3 Å². The zero-order valence-electron chi connectivity index (χ0n) is 14.3. The Balaban J connectivity index is 1.73. The number of fused-ring (bicyclic) bond motifs is 1. The molecule has 0 spiro atoms. The lowest BCUT2D eigenvalue weighted by Gasteiger charge is -2.09. The molecule has 0 unspecified atom stereocenters. The lowest BCUT2D eigenvalue weighted by atomic mass is 10.2. The van der Waals surface area contributed by atoms with Gasteiger partial charge in [-0.25, -0.2) is 4.98 Å². The first-order valence-corrected chi connectivity index (χ1v) is 9.06. The van der Waals surface area contributed by atoms with E-state index in [1.54, 1.807) is 18.4 Å². The van der Waals surface area contributed by atoms with Crippen molar-refractivity contribution in [2.45, 2.75) is 6.54 Å². The number of nitrogens with one attached hydrogen (secondary N) is 1. The number of imidazole rings is 1. The number of rotatable bonds is 5. The van der Waals surface area contributed by atoms with E-state index in [-0.39, 0.29) is 0 Å². The molecular weight excluding hydrogens is 342 g/mol. The van der Waals surface area contributed by atoms with Crippen LogP contribution in [0.15, 0.2) is 60.1 Å². The molecule has 0 fully saturated rings. The van der Waals surface area contributed by atoms with Gasteiger partial charge >= 0.3 is 0 Å². The molecule has 0 aliphatic rings. The van der Waals surface area contributed by atoms with E-state index in [0.717, 1.165) is 38.9 Å². The SMILES string of the molecule is C#Cc1ccsc1-c1nc2ccccn2c1NCc1ccc(OC)cc1. The maximum Gasteiger partial charge on any atom is 0.139 e. The van der Waals surface area contributed by atoms with Crippen LogP contribution in [0, 0.1) is 12.3 Å². The molecule has 4 rings (SSSR count). The van der Waals surface area contributed by atoms with Gasteiger partial charge in [0.1, 0.15) is 22.9 Å². The summed E-state index contributed by atoms with van der Waals surface area (Å²) in [4.78, 5) is 5.81. The maximum absolute atomic E-state index is 5.66. The Kier molecular flexibility index (Phi) is 4.34. The molecule has 0 saturated heterocycles. The topological polar surface area (TPSA) is 38.6 Å². The summed E-state index contributed by atoms with van der Waals surface area (Å²) in [7, 11) is 1.67. The van der Waals surface area contributed by atoms with Gasteiger partial charge in [-0.1, -0.05) is 24.1 Å². The second kappa shape index (κ2) is 6.95. The molecule has 0 amide bonds. The number of hydrogen-bond donors (Lipinski definition) is 1.